The Morgan fingerprint density at radius 1 is 1.31 bits per heavy atom. The Bertz CT molecular complexity index is 276. The van der Waals surface area contributed by atoms with Gasteiger partial charge in [-0.15, -0.1) is 0 Å². The third kappa shape index (κ3) is 5.76. The zero-order chi connectivity index (χ0) is 11.9. The predicted molar refractivity (Wildman–Crippen MR) is 62.7 cm³/mol. The van der Waals surface area contributed by atoms with Gasteiger partial charge in [0.05, 0.1) is 19.0 Å². The maximum absolute atomic E-state index is 11.3. The lowest BCUT2D eigenvalue weighted by Gasteiger charge is -2.26. The number of ether oxygens (including phenoxy) is 1. The molecule has 7 heteroatoms. The largest absolute Gasteiger partial charge is 0.379 e. The highest BCUT2D eigenvalue weighted by Crippen LogP contribution is 1.97. The molecule has 3 N–H and O–H groups in total. The molecule has 0 radical (unpaired) electrons. The van der Waals surface area contributed by atoms with Gasteiger partial charge in [-0.25, -0.2) is 13.1 Å². The van der Waals surface area contributed by atoms with Gasteiger partial charge in [0.25, 0.3) is 0 Å². The average Bonchev–Trinajstić information content (AvgIpc) is 2.26. The van der Waals surface area contributed by atoms with Crippen LogP contribution in [0.4, 0.5) is 0 Å². The fourth-order valence-corrected chi connectivity index (χ4v) is 2.49. The van der Waals surface area contributed by atoms with Crippen molar-refractivity contribution in [2.75, 3.05) is 51.7 Å². The van der Waals surface area contributed by atoms with Crippen molar-refractivity contribution in [2.45, 2.75) is 6.42 Å². The smallest absolute Gasteiger partial charge is 0.212 e. The topological polar surface area (TPSA) is 84.7 Å². The number of nitrogens with two attached hydrogens (primary N) is 1. The van der Waals surface area contributed by atoms with Crippen molar-refractivity contribution in [1.82, 2.24) is 9.62 Å². The van der Waals surface area contributed by atoms with E-state index in [1.807, 2.05) is 0 Å². The molecule has 96 valence electrons. The lowest BCUT2D eigenvalue weighted by molar-refractivity contribution is 0.0376. The SMILES string of the molecule is NCCS(=O)(=O)NCCCN1CCOCC1. The van der Waals surface area contributed by atoms with E-state index in [-0.39, 0.29) is 12.3 Å². The van der Waals surface area contributed by atoms with Crippen molar-refractivity contribution in [1.29, 1.82) is 0 Å². The van der Waals surface area contributed by atoms with E-state index >= 15 is 0 Å². The Hall–Kier alpha value is -0.210. The second kappa shape index (κ2) is 7.18. The van der Waals surface area contributed by atoms with Gasteiger partial charge in [-0.3, -0.25) is 4.90 Å². The van der Waals surface area contributed by atoms with Crippen molar-refractivity contribution in [2.24, 2.45) is 5.73 Å². The van der Waals surface area contributed by atoms with Gasteiger partial charge in [0, 0.05) is 26.2 Å². The average molecular weight is 251 g/mol. The van der Waals surface area contributed by atoms with Crippen molar-refractivity contribution < 1.29 is 13.2 Å². The molecule has 1 aliphatic heterocycles. The summed E-state index contributed by atoms with van der Waals surface area (Å²) in [5.41, 5.74) is 5.19. The molecule has 1 rings (SSSR count). The molecule has 0 saturated carbocycles. The molecule has 1 fully saturated rings. The minimum Gasteiger partial charge on any atom is -0.379 e. The molecule has 16 heavy (non-hydrogen) atoms. The minimum atomic E-state index is -3.15. The van der Waals surface area contributed by atoms with E-state index in [1.165, 1.54) is 0 Å². The first-order valence-corrected chi connectivity index (χ1v) is 7.27. The highest BCUT2D eigenvalue weighted by molar-refractivity contribution is 7.89. The van der Waals surface area contributed by atoms with E-state index < -0.39 is 10.0 Å². The van der Waals surface area contributed by atoms with Crippen LogP contribution in [0.3, 0.4) is 0 Å². The Kier molecular flexibility index (Phi) is 6.22. The molecular formula is C9H21N3O3S. The van der Waals surface area contributed by atoms with Crippen LogP contribution in [-0.2, 0) is 14.8 Å². The summed E-state index contributed by atoms with van der Waals surface area (Å²) in [5, 5.41) is 0. The molecule has 6 nitrogen and oxygen atoms in total. The zero-order valence-corrected chi connectivity index (χ0v) is 10.3. The molecule has 1 heterocycles. The third-order valence-corrected chi connectivity index (χ3v) is 3.88. The van der Waals surface area contributed by atoms with Crippen molar-refractivity contribution in [3.05, 3.63) is 0 Å². The summed E-state index contributed by atoms with van der Waals surface area (Å²) >= 11 is 0. The Labute approximate surface area is 97.2 Å². The second-order valence-corrected chi connectivity index (χ2v) is 5.74. The first kappa shape index (κ1) is 13.9. The number of sulfonamides is 1. The fraction of sp³-hybridized carbons (Fsp3) is 1.00. The molecule has 0 unspecified atom stereocenters. The molecule has 0 aromatic carbocycles. The Morgan fingerprint density at radius 2 is 2.00 bits per heavy atom. The monoisotopic (exact) mass is 251 g/mol. The van der Waals surface area contributed by atoms with Gasteiger partial charge in [0.15, 0.2) is 0 Å². The molecule has 0 atom stereocenters. The van der Waals surface area contributed by atoms with Crippen LogP contribution in [-0.4, -0.2) is 65.0 Å². The van der Waals surface area contributed by atoms with E-state index in [1.54, 1.807) is 0 Å². The lowest BCUT2D eigenvalue weighted by Crippen LogP contribution is -2.38. The number of hydrogen-bond donors (Lipinski definition) is 2. The van der Waals surface area contributed by atoms with Crippen LogP contribution >= 0.6 is 0 Å². The lowest BCUT2D eigenvalue weighted by atomic mass is 10.3. The molecule has 0 aromatic rings. The van der Waals surface area contributed by atoms with Gasteiger partial charge >= 0.3 is 0 Å². The summed E-state index contributed by atoms with van der Waals surface area (Å²) in [4.78, 5) is 2.28. The molecule has 1 aliphatic rings. The molecule has 0 bridgehead atoms. The van der Waals surface area contributed by atoms with E-state index in [0.29, 0.717) is 6.54 Å². The fourth-order valence-electron chi connectivity index (χ4n) is 1.58. The summed E-state index contributed by atoms with van der Waals surface area (Å²) in [7, 11) is -3.15. The number of hydrogen-bond acceptors (Lipinski definition) is 5. The number of morpholine rings is 1. The Morgan fingerprint density at radius 3 is 2.62 bits per heavy atom. The number of nitrogens with zero attached hydrogens (tertiary/aromatic N) is 1. The van der Waals surface area contributed by atoms with E-state index in [9.17, 15) is 8.42 Å². The van der Waals surface area contributed by atoms with Crippen molar-refractivity contribution in [3.8, 4) is 0 Å². The summed E-state index contributed by atoms with van der Waals surface area (Å²) in [5.74, 6) is 0.00452. The highest BCUT2D eigenvalue weighted by Gasteiger charge is 2.11. The summed E-state index contributed by atoms with van der Waals surface area (Å²) < 4.78 is 30.3. The van der Waals surface area contributed by atoms with E-state index in [0.717, 1.165) is 39.3 Å². The van der Waals surface area contributed by atoms with Gasteiger partial charge in [-0.2, -0.15) is 0 Å². The van der Waals surface area contributed by atoms with Crippen LogP contribution in [0.2, 0.25) is 0 Å². The maximum atomic E-state index is 11.3. The highest BCUT2D eigenvalue weighted by atomic mass is 32.2. The Balaban J connectivity index is 2.06. The van der Waals surface area contributed by atoms with Crippen LogP contribution in [0, 0.1) is 0 Å². The molecule has 0 spiro atoms. The standard InChI is InChI=1S/C9H21N3O3S/c10-2-9-16(13,14)11-3-1-4-12-5-7-15-8-6-12/h11H,1-10H2. The first-order valence-electron chi connectivity index (χ1n) is 5.61. The summed E-state index contributed by atoms with van der Waals surface area (Å²) in [6.07, 6.45) is 0.823. The van der Waals surface area contributed by atoms with Crippen LogP contribution in [0.1, 0.15) is 6.42 Å². The normalized spacial score (nSPS) is 18.8. The van der Waals surface area contributed by atoms with Gasteiger partial charge in [0.1, 0.15) is 0 Å². The van der Waals surface area contributed by atoms with Crippen LogP contribution in [0.15, 0.2) is 0 Å². The maximum Gasteiger partial charge on any atom is 0.212 e. The van der Waals surface area contributed by atoms with Crippen molar-refractivity contribution >= 4 is 10.0 Å². The first-order chi connectivity index (χ1) is 7.64. The molecule has 0 aliphatic carbocycles. The number of nitrogens with one attached hydrogen (secondary N) is 1. The van der Waals surface area contributed by atoms with Gasteiger partial charge < -0.3 is 10.5 Å². The second-order valence-electron chi connectivity index (χ2n) is 3.81. The molecule has 0 aromatic heterocycles. The molecule has 0 amide bonds. The van der Waals surface area contributed by atoms with Gasteiger partial charge in [-0.1, -0.05) is 0 Å². The van der Waals surface area contributed by atoms with Gasteiger partial charge in [0.2, 0.25) is 10.0 Å². The van der Waals surface area contributed by atoms with Crippen LogP contribution in [0.5, 0.6) is 0 Å². The van der Waals surface area contributed by atoms with E-state index in [2.05, 4.69) is 9.62 Å². The predicted octanol–water partition coefficient (Wildman–Crippen LogP) is -1.41. The third-order valence-electron chi connectivity index (χ3n) is 2.46. The quantitative estimate of drug-likeness (QED) is 0.543. The van der Waals surface area contributed by atoms with Crippen LogP contribution in [0.25, 0.3) is 0 Å². The van der Waals surface area contributed by atoms with Gasteiger partial charge in [-0.05, 0) is 13.0 Å². The zero-order valence-electron chi connectivity index (χ0n) is 9.52. The number of rotatable bonds is 7. The molecular weight excluding hydrogens is 230 g/mol. The minimum absolute atomic E-state index is 0.00452. The summed E-state index contributed by atoms with van der Waals surface area (Å²) in [6, 6.07) is 0. The summed E-state index contributed by atoms with van der Waals surface area (Å²) in [6.45, 7) is 5.00. The van der Waals surface area contributed by atoms with Crippen LogP contribution < -0.4 is 10.5 Å². The molecule has 1 saturated heterocycles. The van der Waals surface area contributed by atoms with E-state index in [4.69, 9.17) is 10.5 Å². The van der Waals surface area contributed by atoms with Crippen molar-refractivity contribution in [3.63, 3.8) is 0 Å².